The molecule has 122 valence electrons. The van der Waals surface area contributed by atoms with Crippen molar-refractivity contribution in [1.82, 2.24) is 0 Å². The van der Waals surface area contributed by atoms with Crippen molar-refractivity contribution >= 4 is 18.6 Å². The second-order valence-corrected chi connectivity index (χ2v) is 5.51. The predicted octanol–water partition coefficient (Wildman–Crippen LogP) is 2.64. The second kappa shape index (κ2) is 8.37. The molecule has 2 aromatic carbocycles. The summed E-state index contributed by atoms with van der Waals surface area (Å²) in [5.41, 5.74) is 0.942. The molecule has 0 N–H and O–H groups in total. The molecule has 0 spiro atoms. The van der Waals surface area contributed by atoms with Crippen molar-refractivity contribution in [1.29, 1.82) is 0 Å². The van der Waals surface area contributed by atoms with E-state index in [-0.39, 0.29) is 35.1 Å². The molecular formula is C17H19BFeO3-6. The number of hydrogen-bond donors (Lipinski definition) is 0. The van der Waals surface area contributed by atoms with E-state index >= 15 is 0 Å². The molecule has 1 aliphatic heterocycles. The molecule has 1 heterocycles. The van der Waals surface area contributed by atoms with E-state index in [4.69, 9.17) is 9.31 Å². The third-order valence-corrected chi connectivity index (χ3v) is 4.04. The first-order valence-electron chi connectivity index (χ1n) is 7.59. The Morgan fingerprint density at radius 2 is 1.64 bits per heavy atom. The summed E-state index contributed by atoms with van der Waals surface area (Å²) in [6.07, 6.45) is 4.23. The van der Waals surface area contributed by atoms with Gasteiger partial charge >= 0.3 is 7.12 Å². The molecule has 0 radical (unpaired) electrons. The molecule has 0 unspecified atom stereocenters. The molecule has 1 saturated heterocycles. The van der Waals surface area contributed by atoms with Crippen molar-refractivity contribution in [3.63, 3.8) is 0 Å². The van der Waals surface area contributed by atoms with E-state index in [1.807, 2.05) is 54.6 Å². The Labute approximate surface area is 142 Å². The molecular weight excluding hydrogens is 319 g/mol. The summed E-state index contributed by atoms with van der Waals surface area (Å²) >= 11 is 0. The van der Waals surface area contributed by atoms with Crippen LogP contribution in [-0.4, -0.2) is 19.2 Å². The van der Waals surface area contributed by atoms with E-state index in [0.29, 0.717) is 0 Å². The maximum Gasteiger partial charge on any atom is 0.488 e. The van der Waals surface area contributed by atoms with Crippen molar-refractivity contribution in [2.75, 3.05) is 0 Å². The smallest absolute Gasteiger partial charge is 0.488 e. The Morgan fingerprint density at radius 1 is 1.05 bits per heavy atom. The van der Waals surface area contributed by atoms with Gasteiger partial charge in [0.25, 0.3) is 5.97 Å². The summed E-state index contributed by atoms with van der Waals surface area (Å²) in [4.78, 5) is 11.8. The van der Waals surface area contributed by atoms with Crippen molar-refractivity contribution in [3.8, 4) is 0 Å². The fraction of sp³-hybridized carbons (Fsp3) is 0.353. The van der Waals surface area contributed by atoms with Gasteiger partial charge in [-0.25, -0.2) is 12.1 Å². The minimum Gasteiger partial charge on any atom is -0.748 e. The second-order valence-electron chi connectivity index (χ2n) is 5.51. The third kappa shape index (κ3) is 4.13. The predicted molar refractivity (Wildman–Crippen MR) is 82.4 cm³/mol. The molecule has 1 aliphatic carbocycles. The molecule has 22 heavy (non-hydrogen) atoms. The summed E-state index contributed by atoms with van der Waals surface area (Å²) in [7, 11) is -0.484. The molecule has 0 aromatic heterocycles. The minimum atomic E-state index is -0.484. The monoisotopic (exact) mass is 338 g/mol. The van der Waals surface area contributed by atoms with Crippen LogP contribution in [0.25, 0.3) is 0 Å². The molecule has 1 saturated carbocycles. The summed E-state index contributed by atoms with van der Waals surface area (Å²) < 4.78 is 11.2. The van der Waals surface area contributed by atoms with Gasteiger partial charge in [-0.2, -0.15) is 12.1 Å². The maximum absolute atomic E-state index is 11.8. The van der Waals surface area contributed by atoms with Gasteiger partial charge in [-0.15, -0.1) is 5.46 Å². The van der Waals surface area contributed by atoms with Gasteiger partial charge < -0.3 is 39.6 Å². The first-order valence-corrected chi connectivity index (χ1v) is 7.59. The van der Waals surface area contributed by atoms with Crippen LogP contribution in [0.1, 0.15) is 25.7 Å². The Balaban J connectivity index is 0.000000253. The van der Waals surface area contributed by atoms with Gasteiger partial charge in [-0.05, 0) is 12.8 Å². The van der Waals surface area contributed by atoms with Crippen LogP contribution in [0, 0.1) is 5.92 Å². The summed E-state index contributed by atoms with van der Waals surface area (Å²) in [5, 5.41) is 0. The van der Waals surface area contributed by atoms with Gasteiger partial charge in [-0.3, -0.25) is 4.79 Å². The zero-order valence-corrected chi connectivity index (χ0v) is 13.4. The Bertz CT molecular complexity index is 521. The quantitative estimate of drug-likeness (QED) is 0.592. The molecule has 0 amide bonds. The third-order valence-electron chi connectivity index (χ3n) is 4.04. The van der Waals surface area contributed by atoms with E-state index in [1.54, 1.807) is 0 Å². The van der Waals surface area contributed by atoms with Gasteiger partial charge in [0.1, 0.15) is 0 Å². The van der Waals surface area contributed by atoms with E-state index < -0.39 is 7.12 Å². The van der Waals surface area contributed by atoms with Crippen LogP contribution in [0.4, 0.5) is 0 Å². The van der Waals surface area contributed by atoms with E-state index in [1.165, 1.54) is 0 Å². The number of rotatable bonds is 1. The van der Waals surface area contributed by atoms with E-state index in [2.05, 4.69) is 0 Å². The number of carbonyl (C=O) groups excluding carboxylic acids is 1. The van der Waals surface area contributed by atoms with Gasteiger partial charge in [0.2, 0.25) is 0 Å². The van der Waals surface area contributed by atoms with Crippen LogP contribution in [0.3, 0.4) is 0 Å². The minimum absolute atomic E-state index is 0. The van der Waals surface area contributed by atoms with Crippen molar-refractivity contribution < 1.29 is 31.2 Å². The molecule has 4 rings (SSSR count). The fourth-order valence-electron chi connectivity index (χ4n) is 2.92. The first kappa shape index (κ1) is 17.1. The molecule has 2 aliphatic rings. The molecule has 2 atom stereocenters. The number of fused-ring (bicyclic) bond motifs is 1. The molecule has 2 fully saturated rings. The van der Waals surface area contributed by atoms with Gasteiger partial charge in [0.05, 0.1) is 12.0 Å². The molecule has 0 bridgehead atoms. The van der Waals surface area contributed by atoms with Gasteiger partial charge in [0, 0.05) is 17.1 Å². The molecule has 5 heteroatoms. The van der Waals surface area contributed by atoms with Crippen LogP contribution >= 0.6 is 0 Å². The van der Waals surface area contributed by atoms with Crippen LogP contribution in [0.5, 0.6) is 0 Å². The Morgan fingerprint density at radius 3 is 2.27 bits per heavy atom. The van der Waals surface area contributed by atoms with Crippen molar-refractivity contribution in [2.24, 2.45) is 5.92 Å². The largest absolute Gasteiger partial charge is 0.748 e. The Hall–Kier alpha value is -1.29. The fourth-order valence-corrected chi connectivity index (χ4v) is 2.92. The normalized spacial score (nSPS) is 23.5. The SMILES string of the molecule is O=C1OB([c-]2cccc2)O[C@H]2CCCC[C@H]12.[Fe].[cH-]1[cH-][cH-][cH-][cH-]1. The van der Waals surface area contributed by atoms with E-state index in [0.717, 1.165) is 31.1 Å². The van der Waals surface area contributed by atoms with Gasteiger partial charge in [-0.1, -0.05) is 12.8 Å². The molecule has 2 aromatic rings. The summed E-state index contributed by atoms with van der Waals surface area (Å²) in [6, 6.07) is 17.7. The topological polar surface area (TPSA) is 35.5 Å². The van der Waals surface area contributed by atoms with Crippen molar-refractivity contribution in [3.05, 3.63) is 54.6 Å². The number of carbonyl (C=O) groups is 1. The number of hydrogen-bond acceptors (Lipinski definition) is 3. The van der Waals surface area contributed by atoms with Crippen LogP contribution in [0.2, 0.25) is 0 Å². The summed E-state index contributed by atoms with van der Waals surface area (Å²) in [5.74, 6) is -0.109. The average molecular weight is 338 g/mol. The Kier molecular flexibility index (Phi) is 6.50. The summed E-state index contributed by atoms with van der Waals surface area (Å²) in [6.45, 7) is 0. The first-order chi connectivity index (χ1) is 10.3. The van der Waals surface area contributed by atoms with Gasteiger partial charge in [0.15, 0.2) is 0 Å². The zero-order chi connectivity index (χ0) is 14.5. The van der Waals surface area contributed by atoms with E-state index in [9.17, 15) is 4.79 Å². The molecule has 3 nitrogen and oxygen atoms in total. The zero-order valence-electron chi connectivity index (χ0n) is 12.3. The van der Waals surface area contributed by atoms with Crippen molar-refractivity contribution in [2.45, 2.75) is 31.8 Å². The average Bonchev–Trinajstić information content (AvgIpc) is 3.23. The van der Waals surface area contributed by atoms with Crippen LogP contribution in [0.15, 0.2) is 54.6 Å². The van der Waals surface area contributed by atoms with Crippen LogP contribution in [-0.2, 0) is 31.2 Å². The van der Waals surface area contributed by atoms with Crippen LogP contribution < -0.4 is 5.46 Å². The maximum atomic E-state index is 11.8. The standard InChI is InChI=1S/C12H14BO3.C5H5.Fe/c14-12-10-7-3-4-8-11(10)15-13(16-12)9-5-1-2-6-9;1-2-4-5-3-1;/h1-2,5-6,10-11H,3-4,7-8H2;1-5H;/q-1;-5;/t10-,11-;;/m0../s1.